The number of oxazole rings is 1. The Morgan fingerprint density at radius 2 is 1.83 bits per heavy atom. The molecule has 1 aromatic heterocycles. The second-order valence-electron chi connectivity index (χ2n) is 6.58. The van der Waals surface area contributed by atoms with E-state index >= 15 is 0 Å². The van der Waals surface area contributed by atoms with Crippen molar-refractivity contribution in [3.8, 4) is 23.0 Å². The van der Waals surface area contributed by atoms with E-state index in [1.165, 1.54) is 0 Å². The number of guanidine groups is 1. The maximum Gasteiger partial charge on any atom is 0.226 e. The van der Waals surface area contributed by atoms with E-state index in [-0.39, 0.29) is 30.1 Å². The first-order chi connectivity index (χ1) is 14.3. The van der Waals surface area contributed by atoms with Crippen molar-refractivity contribution in [2.75, 3.05) is 19.7 Å². The smallest absolute Gasteiger partial charge is 0.226 e. The molecule has 0 amide bonds. The van der Waals surface area contributed by atoms with Gasteiger partial charge < -0.3 is 24.5 Å². The van der Waals surface area contributed by atoms with Gasteiger partial charge in [0.1, 0.15) is 24.7 Å². The van der Waals surface area contributed by atoms with Gasteiger partial charge in [-0.1, -0.05) is 30.3 Å². The quantitative estimate of drug-likeness (QED) is 0.292. The molecule has 158 valence electrons. The molecular weight excluding hydrogens is 495 g/mol. The molecule has 1 unspecified atom stereocenters. The molecule has 0 aliphatic carbocycles. The van der Waals surface area contributed by atoms with Crippen molar-refractivity contribution in [3.05, 3.63) is 66.6 Å². The summed E-state index contributed by atoms with van der Waals surface area (Å²) in [6.45, 7) is 4.26. The van der Waals surface area contributed by atoms with E-state index in [2.05, 4.69) is 20.6 Å². The number of halogens is 1. The topological polar surface area (TPSA) is 80.9 Å². The van der Waals surface area contributed by atoms with Crippen LogP contribution in [0.1, 0.15) is 12.6 Å². The van der Waals surface area contributed by atoms with Crippen LogP contribution in [0.15, 0.2) is 70.3 Å². The molecule has 30 heavy (non-hydrogen) atoms. The van der Waals surface area contributed by atoms with Gasteiger partial charge in [0.15, 0.2) is 17.5 Å². The summed E-state index contributed by atoms with van der Waals surface area (Å²) < 4.78 is 17.3. The molecule has 0 bridgehead atoms. The minimum Gasteiger partial charge on any atom is -0.486 e. The van der Waals surface area contributed by atoms with Crippen molar-refractivity contribution >= 4 is 29.9 Å². The number of rotatable bonds is 6. The van der Waals surface area contributed by atoms with Crippen molar-refractivity contribution in [1.29, 1.82) is 0 Å². The molecule has 2 N–H and O–H groups in total. The molecule has 1 aliphatic heterocycles. The number of hydrogen-bond acceptors (Lipinski definition) is 5. The zero-order chi connectivity index (χ0) is 19.9. The lowest BCUT2D eigenvalue weighted by molar-refractivity contribution is 0.0936. The lowest BCUT2D eigenvalue weighted by atomic mass is 10.2. The number of para-hydroxylation sites is 2. The van der Waals surface area contributed by atoms with Crippen molar-refractivity contribution in [2.24, 2.45) is 4.99 Å². The summed E-state index contributed by atoms with van der Waals surface area (Å²) in [4.78, 5) is 9.11. The van der Waals surface area contributed by atoms with Crippen LogP contribution in [-0.2, 0) is 6.54 Å². The number of nitrogens with one attached hydrogen (secondary N) is 2. The molecule has 7 nitrogen and oxygen atoms in total. The Morgan fingerprint density at radius 1 is 1.07 bits per heavy atom. The summed E-state index contributed by atoms with van der Waals surface area (Å²) in [5.41, 5.74) is 1.72. The molecule has 2 heterocycles. The number of benzene rings is 2. The van der Waals surface area contributed by atoms with Crippen molar-refractivity contribution < 1.29 is 13.9 Å². The summed E-state index contributed by atoms with van der Waals surface area (Å²) in [5, 5.41) is 6.54. The fourth-order valence-corrected chi connectivity index (χ4v) is 2.97. The Balaban J connectivity index is 0.00000256. The maximum absolute atomic E-state index is 5.98. The van der Waals surface area contributed by atoms with E-state index in [9.17, 15) is 0 Å². The molecule has 0 radical (unpaired) electrons. The Hall–Kier alpha value is -2.75. The van der Waals surface area contributed by atoms with Crippen molar-refractivity contribution in [2.45, 2.75) is 19.6 Å². The van der Waals surface area contributed by atoms with Crippen molar-refractivity contribution in [3.63, 3.8) is 0 Å². The number of nitrogens with zero attached hydrogens (tertiary/aromatic N) is 2. The lowest BCUT2D eigenvalue weighted by Gasteiger charge is -2.27. The van der Waals surface area contributed by atoms with Crippen LogP contribution in [0.3, 0.4) is 0 Å². The van der Waals surface area contributed by atoms with E-state index in [1.807, 2.05) is 61.5 Å². The predicted molar refractivity (Wildman–Crippen MR) is 127 cm³/mol. The van der Waals surface area contributed by atoms with E-state index in [1.54, 1.807) is 6.26 Å². The molecule has 0 fully saturated rings. The first kappa shape index (κ1) is 21.9. The number of ether oxygens (including phenoxy) is 2. The summed E-state index contributed by atoms with van der Waals surface area (Å²) in [6, 6.07) is 17.5. The fraction of sp³-hybridized carbons (Fsp3) is 0.273. The second-order valence-corrected chi connectivity index (χ2v) is 6.58. The highest BCUT2D eigenvalue weighted by Crippen LogP contribution is 2.30. The summed E-state index contributed by atoms with van der Waals surface area (Å²) in [5.74, 6) is 2.84. The second kappa shape index (κ2) is 10.9. The Labute approximate surface area is 192 Å². The van der Waals surface area contributed by atoms with E-state index in [4.69, 9.17) is 13.9 Å². The van der Waals surface area contributed by atoms with Crippen LogP contribution in [0.2, 0.25) is 0 Å². The molecule has 0 saturated carbocycles. The molecule has 2 aromatic carbocycles. The van der Waals surface area contributed by atoms with Crippen LogP contribution < -0.4 is 20.1 Å². The highest BCUT2D eigenvalue weighted by atomic mass is 127. The predicted octanol–water partition coefficient (Wildman–Crippen LogP) is 3.85. The van der Waals surface area contributed by atoms with Gasteiger partial charge in [-0.2, -0.15) is 0 Å². The molecule has 3 aromatic rings. The van der Waals surface area contributed by atoms with Gasteiger partial charge in [-0.05, 0) is 31.2 Å². The van der Waals surface area contributed by atoms with Crippen LogP contribution >= 0.6 is 24.0 Å². The van der Waals surface area contributed by atoms with Crippen molar-refractivity contribution in [1.82, 2.24) is 15.6 Å². The molecule has 0 saturated heterocycles. The van der Waals surface area contributed by atoms with Gasteiger partial charge in [0, 0.05) is 12.1 Å². The summed E-state index contributed by atoms with van der Waals surface area (Å²) in [7, 11) is 0. The van der Waals surface area contributed by atoms with Crippen LogP contribution in [0.25, 0.3) is 11.5 Å². The number of fused-ring (bicyclic) bond motifs is 1. The zero-order valence-electron chi connectivity index (χ0n) is 16.7. The Bertz CT molecular complexity index is 962. The first-order valence-electron chi connectivity index (χ1n) is 9.72. The maximum atomic E-state index is 5.98. The lowest BCUT2D eigenvalue weighted by Crippen LogP contribution is -2.45. The highest BCUT2D eigenvalue weighted by molar-refractivity contribution is 14.0. The van der Waals surface area contributed by atoms with Gasteiger partial charge in [-0.3, -0.25) is 0 Å². The fourth-order valence-electron chi connectivity index (χ4n) is 2.97. The standard InChI is InChI=1S/C22H24N4O3.HI/c1-2-23-22(25-13-18-15-27-19-10-6-7-11-20(19)29-18)24-12-17-14-28-21(26-17)16-8-4-3-5-9-16;/h3-11,14,18H,2,12-13,15H2,1H3,(H2,23,24,25);1H. The minimum atomic E-state index is -0.0921. The molecule has 0 spiro atoms. The molecule has 1 atom stereocenters. The third kappa shape index (κ3) is 5.65. The largest absolute Gasteiger partial charge is 0.486 e. The Morgan fingerprint density at radius 3 is 2.63 bits per heavy atom. The average molecular weight is 520 g/mol. The third-order valence-corrected chi connectivity index (χ3v) is 4.38. The van der Waals surface area contributed by atoms with Crippen LogP contribution in [0.4, 0.5) is 0 Å². The third-order valence-electron chi connectivity index (χ3n) is 4.38. The molecule has 4 rings (SSSR count). The van der Waals surface area contributed by atoms with Gasteiger partial charge in [-0.15, -0.1) is 24.0 Å². The minimum absolute atomic E-state index is 0. The zero-order valence-corrected chi connectivity index (χ0v) is 19.0. The highest BCUT2D eigenvalue weighted by Gasteiger charge is 2.20. The molecule has 1 aliphatic rings. The first-order valence-corrected chi connectivity index (χ1v) is 9.72. The number of aromatic nitrogens is 1. The van der Waals surface area contributed by atoms with Gasteiger partial charge in [0.25, 0.3) is 0 Å². The SMILES string of the molecule is CCNC(=NCc1coc(-c2ccccc2)n1)NCC1COc2ccccc2O1.I. The summed E-state index contributed by atoms with van der Waals surface area (Å²) >= 11 is 0. The van der Waals surface area contributed by atoms with Gasteiger partial charge >= 0.3 is 0 Å². The van der Waals surface area contributed by atoms with Gasteiger partial charge in [0.2, 0.25) is 5.89 Å². The van der Waals surface area contributed by atoms with E-state index in [0.29, 0.717) is 31.5 Å². The number of hydrogen-bond donors (Lipinski definition) is 2. The van der Waals surface area contributed by atoms with Crippen LogP contribution in [-0.4, -0.2) is 36.7 Å². The summed E-state index contributed by atoms with van der Waals surface area (Å²) in [6.07, 6.45) is 1.55. The normalized spacial score (nSPS) is 15.2. The van der Waals surface area contributed by atoms with E-state index < -0.39 is 0 Å². The average Bonchev–Trinajstić information content (AvgIpc) is 3.25. The number of aliphatic imine (C=N–C) groups is 1. The van der Waals surface area contributed by atoms with Gasteiger partial charge in [-0.25, -0.2) is 9.98 Å². The van der Waals surface area contributed by atoms with E-state index in [0.717, 1.165) is 29.3 Å². The Kier molecular flexibility index (Phi) is 7.95. The molecule has 8 heteroatoms. The van der Waals surface area contributed by atoms with Crippen LogP contribution in [0, 0.1) is 0 Å². The van der Waals surface area contributed by atoms with Crippen LogP contribution in [0.5, 0.6) is 11.5 Å². The monoisotopic (exact) mass is 520 g/mol. The molecular formula is C22H25IN4O3. The van der Waals surface area contributed by atoms with Gasteiger partial charge in [0.05, 0.1) is 13.1 Å².